The van der Waals surface area contributed by atoms with Gasteiger partial charge < -0.3 is 15.7 Å². The third-order valence-corrected chi connectivity index (χ3v) is 3.43. The second-order valence-corrected chi connectivity index (χ2v) is 5.42. The van der Waals surface area contributed by atoms with Gasteiger partial charge in [-0.05, 0) is 29.8 Å². The van der Waals surface area contributed by atoms with E-state index in [0.29, 0.717) is 5.69 Å². The van der Waals surface area contributed by atoms with E-state index >= 15 is 0 Å². The molecule has 3 N–H and O–H groups in total. The first kappa shape index (κ1) is 18.1. The Morgan fingerprint density at radius 3 is 2.48 bits per heavy atom. The Morgan fingerprint density at radius 1 is 1.12 bits per heavy atom. The van der Waals surface area contributed by atoms with Crippen molar-refractivity contribution in [3.8, 4) is 0 Å². The molecule has 130 valence electrons. The number of carboxylic acids is 1. The number of carbonyl (C=O) groups is 3. The minimum atomic E-state index is -1.28. The Morgan fingerprint density at radius 2 is 1.84 bits per heavy atom. The van der Waals surface area contributed by atoms with E-state index in [1.165, 1.54) is 37.3 Å². The summed E-state index contributed by atoms with van der Waals surface area (Å²) in [5.74, 6) is -2.72. The average molecular weight is 344 g/mol. The van der Waals surface area contributed by atoms with Crippen LogP contribution in [0.5, 0.6) is 0 Å². The molecule has 0 bridgehead atoms. The Bertz CT molecular complexity index is 807. The molecular formula is C18H17FN2O4. The molecule has 0 aliphatic heterocycles. The highest BCUT2D eigenvalue weighted by Gasteiger charge is 2.22. The predicted molar refractivity (Wildman–Crippen MR) is 89.7 cm³/mol. The first-order valence-electron chi connectivity index (χ1n) is 7.51. The van der Waals surface area contributed by atoms with E-state index in [-0.39, 0.29) is 23.5 Å². The molecule has 25 heavy (non-hydrogen) atoms. The number of rotatable bonds is 6. The highest BCUT2D eigenvalue weighted by molar-refractivity contribution is 5.98. The van der Waals surface area contributed by atoms with Crippen molar-refractivity contribution in [1.29, 1.82) is 0 Å². The third-order valence-electron chi connectivity index (χ3n) is 3.43. The van der Waals surface area contributed by atoms with Gasteiger partial charge in [0.15, 0.2) is 0 Å². The zero-order chi connectivity index (χ0) is 18.4. The first-order chi connectivity index (χ1) is 11.9. The quantitative estimate of drug-likeness (QED) is 0.749. The zero-order valence-corrected chi connectivity index (χ0v) is 13.5. The average Bonchev–Trinajstić information content (AvgIpc) is 2.55. The lowest BCUT2D eigenvalue weighted by atomic mass is 10.0. The Hall–Kier alpha value is -3.22. The maximum atomic E-state index is 13.7. The molecule has 7 heteroatoms. The van der Waals surface area contributed by atoms with Gasteiger partial charge in [-0.25, -0.2) is 9.18 Å². The summed E-state index contributed by atoms with van der Waals surface area (Å²) >= 11 is 0. The van der Waals surface area contributed by atoms with Crippen molar-refractivity contribution < 1.29 is 23.9 Å². The van der Waals surface area contributed by atoms with Gasteiger partial charge in [-0.2, -0.15) is 0 Å². The van der Waals surface area contributed by atoms with E-state index in [4.69, 9.17) is 0 Å². The van der Waals surface area contributed by atoms with Crippen molar-refractivity contribution in [2.75, 3.05) is 5.32 Å². The minimum absolute atomic E-state index is 0.181. The molecule has 1 atom stereocenters. The summed E-state index contributed by atoms with van der Waals surface area (Å²) in [5, 5.41) is 14.2. The van der Waals surface area contributed by atoms with Crippen molar-refractivity contribution in [3.63, 3.8) is 0 Å². The van der Waals surface area contributed by atoms with E-state index < -0.39 is 23.7 Å². The van der Waals surface area contributed by atoms with Gasteiger partial charge in [0.25, 0.3) is 5.91 Å². The van der Waals surface area contributed by atoms with Crippen LogP contribution in [0.25, 0.3) is 0 Å². The van der Waals surface area contributed by atoms with Gasteiger partial charge in [-0.15, -0.1) is 0 Å². The van der Waals surface area contributed by atoms with Gasteiger partial charge in [0.1, 0.15) is 11.9 Å². The fourth-order valence-electron chi connectivity index (χ4n) is 2.27. The van der Waals surface area contributed by atoms with Gasteiger partial charge >= 0.3 is 5.97 Å². The number of hydrogen-bond donors (Lipinski definition) is 3. The lowest BCUT2D eigenvalue weighted by molar-refractivity contribution is -0.139. The van der Waals surface area contributed by atoms with Gasteiger partial charge in [0.05, 0.1) is 0 Å². The van der Waals surface area contributed by atoms with Crippen molar-refractivity contribution >= 4 is 23.5 Å². The largest absolute Gasteiger partial charge is 0.480 e. The number of carboxylic acid groups (broad SMARTS) is 1. The molecule has 0 saturated carbocycles. The van der Waals surface area contributed by atoms with E-state index in [1.54, 1.807) is 18.2 Å². The summed E-state index contributed by atoms with van der Waals surface area (Å²) in [6.07, 6.45) is -0.181. The van der Waals surface area contributed by atoms with Crippen LogP contribution in [0, 0.1) is 5.82 Å². The molecule has 2 rings (SSSR count). The number of nitrogens with one attached hydrogen (secondary N) is 2. The fraction of sp³-hybridized carbons (Fsp3) is 0.167. The molecule has 0 saturated heterocycles. The van der Waals surface area contributed by atoms with E-state index in [9.17, 15) is 23.9 Å². The summed E-state index contributed by atoms with van der Waals surface area (Å²) < 4.78 is 13.7. The highest BCUT2D eigenvalue weighted by atomic mass is 19.1. The van der Waals surface area contributed by atoms with Crippen LogP contribution < -0.4 is 10.6 Å². The molecule has 2 aromatic carbocycles. The molecular weight excluding hydrogens is 327 g/mol. The normalized spacial score (nSPS) is 11.4. The standard InChI is InChI=1S/C18H17FN2O4/c1-11(22)20-14-7-4-6-13(9-14)17(23)21-16(18(24)25)10-12-5-2-3-8-15(12)19/h2-9,16H,10H2,1H3,(H,20,22)(H,21,23)(H,24,25)/t16-/m0/s1. The third kappa shape index (κ3) is 5.13. The van der Waals surface area contributed by atoms with Gasteiger partial charge in [0, 0.05) is 24.6 Å². The SMILES string of the molecule is CC(=O)Nc1cccc(C(=O)N[C@@H](Cc2ccccc2F)C(=O)O)c1. The molecule has 0 fully saturated rings. The van der Waals surface area contributed by atoms with E-state index in [2.05, 4.69) is 10.6 Å². The summed E-state index contributed by atoms with van der Waals surface area (Å²) in [6, 6.07) is 10.6. The number of aliphatic carboxylic acids is 1. The Labute approximate surface area is 143 Å². The van der Waals surface area contributed by atoms with Gasteiger partial charge in [-0.1, -0.05) is 24.3 Å². The molecule has 0 spiro atoms. The number of benzene rings is 2. The first-order valence-corrected chi connectivity index (χ1v) is 7.51. The maximum absolute atomic E-state index is 13.7. The van der Waals surface area contributed by atoms with Crippen LogP contribution >= 0.6 is 0 Å². The summed E-state index contributed by atoms with van der Waals surface area (Å²) in [6.45, 7) is 1.33. The van der Waals surface area contributed by atoms with Crippen LogP contribution in [0.2, 0.25) is 0 Å². The summed E-state index contributed by atoms with van der Waals surface area (Å²) in [5.41, 5.74) is 0.800. The van der Waals surface area contributed by atoms with Crippen LogP contribution in [0.15, 0.2) is 48.5 Å². The fourth-order valence-corrected chi connectivity index (χ4v) is 2.27. The molecule has 2 amide bonds. The molecule has 0 heterocycles. The lowest BCUT2D eigenvalue weighted by Gasteiger charge is -2.15. The Kier molecular flexibility index (Phi) is 5.84. The molecule has 0 aromatic heterocycles. The molecule has 2 aromatic rings. The van der Waals surface area contributed by atoms with Crippen LogP contribution in [0.3, 0.4) is 0 Å². The zero-order valence-electron chi connectivity index (χ0n) is 13.5. The number of carbonyl (C=O) groups excluding carboxylic acids is 2. The minimum Gasteiger partial charge on any atom is -0.480 e. The molecule has 0 unspecified atom stereocenters. The van der Waals surface area contributed by atoms with Crippen LogP contribution in [-0.2, 0) is 16.0 Å². The van der Waals surface area contributed by atoms with Gasteiger partial charge in [-0.3, -0.25) is 9.59 Å². The summed E-state index contributed by atoms with van der Waals surface area (Å²) in [7, 11) is 0. The smallest absolute Gasteiger partial charge is 0.326 e. The number of hydrogen-bond acceptors (Lipinski definition) is 3. The molecule has 0 radical (unpaired) electrons. The number of halogens is 1. The topological polar surface area (TPSA) is 95.5 Å². The van der Waals surface area contributed by atoms with Crippen molar-refractivity contribution in [3.05, 3.63) is 65.5 Å². The van der Waals surface area contributed by atoms with Crippen LogP contribution in [0.4, 0.5) is 10.1 Å². The number of anilines is 1. The van der Waals surface area contributed by atoms with E-state index in [1.807, 2.05) is 0 Å². The van der Waals surface area contributed by atoms with Crippen molar-refractivity contribution in [2.24, 2.45) is 0 Å². The lowest BCUT2D eigenvalue weighted by Crippen LogP contribution is -2.42. The molecule has 6 nitrogen and oxygen atoms in total. The predicted octanol–water partition coefficient (Wildman–Crippen LogP) is 2.21. The van der Waals surface area contributed by atoms with Crippen molar-refractivity contribution in [2.45, 2.75) is 19.4 Å². The van der Waals surface area contributed by atoms with Crippen molar-refractivity contribution in [1.82, 2.24) is 5.32 Å². The molecule has 0 aliphatic carbocycles. The molecule has 0 aliphatic rings. The monoisotopic (exact) mass is 344 g/mol. The van der Waals surface area contributed by atoms with Crippen LogP contribution in [0.1, 0.15) is 22.8 Å². The van der Waals surface area contributed by atoms with Gasteiger partial charge in [0.2, 0.25) is 5.91 Å². The maximum Gasteiger partial charge on any atom is 0.326 e. The second kappa shape index (κ2) is 8.05. The Balaban J connectivity index is 2.14. The highest BCUT2D eigenvalue weighted by Crippen LogP contribution is 2.13. The summed E-state index contributed by atoms with van der Waals surface area (Å²) in [4.78, 5) is 34.8. The van der Waals surface area contributed by atoms with E-state index in [0.717, 1.165) is 0 Å². The second-order valence-electron chi connectivity index (χ2n) is 5.42. The van der Waals surface area contributed by atoms with Crippen LogP contribution in [-0.4, -0.2) is 28.9 Å². The number of amides is 2.